The summed E-state index contributed by atoms with van der Waals surface area (Å²) >= 11 is 0. The van der Waals surface area contributed by atoms with E-state index in [0.29, 0.717) is 17.6 Å². The molecule has 0 spiro atoms. The number of carbonyl (C=O) groups excluding carboxylic acids is 1. The molecule has 5 nitrogen and oxygen atoms in total. The number of nitrogens with one attached hydrogen (secondary N) is 1. The van der Waals surface area contributed by atoms with Gasteiger partial charge in [-0.1, -0.05) is 36.4 Å². The van der Waals surface area contributed by atoms with Gasteiger partial charge in [-0.2, -0.15) is 0 Å². The lowest BCUT2D eigenvalue weighted by molar-refractivity contribution is 0.0681. The fourth-order valence-corrected chi connectivity index (χ4v) is 5.80. The van der Waals surface area contributed by atoms with Gasteiger partial charge in [0, 0.05) is 30.7 Å². The molecule has 2 heterocycles. The van der Waals surface area contributed by atoms with Crippen molar-refractivity contribution in [2.45, 2.75) is 54.5 Å². The first-order valence-electron chi connectivity index (χ1n) is 9.82. The third-order valence-corrected chi connectivity index (χ3v) is 7.64. The molecule has 1 amide bonds. The number of benzene rings is 2. The van der Waals surface area contributed by atoms with Gasteiger partial charge >= 0.3 is 0 Å². The maximum absolute atomic E-state index is 13.0. The van der Waals surface area contributed by atoms with Crippen molar-refractivity contribution >= 4 is 28.2 Å². The standard InChI is InChI=1S/C22H26N2O3S.ClH/c1-24(20-13-18-10-11-19(14-20)23-18)22(25)17-8-5-9-21(12-17)28(26,27)15-16-6-3-2-4-7-16;/h2-9,12,18-20,23H,10-11,13-15H2,1H3;1H. The van der Waals surface area contributed by atoms with Crippen molar-refractivity contribution in [3.63, 3.8) is 0 Å². The monoisotopic (exact) mass is 434 g/mol. The molecule has 2 fully saturated rings. The SMILES string of the molecule is CN(C(=O)c1cccc(S(=O)(=O)Cc2ccccc2)c1)C1CC2CCC(C1)N2.Cl. The van der Waals surface area contributed by atoms with Crippen LogP contribution >= 0.6 is 12.4 Å². The highest BCUT2D eigenvalue weighted by atomic mass is 35.5. The van der Waals surface area contributed by atoms with Crippen LogP contribution in [0.5, 0.6) is 0 Å². The molecule has 4 rings (SSSR count). The van der Waals surface area contributed by atoms with Gasteiger partial charge in [-0.15, -0.1) is 12.4 Å². The van der Waals surface area contributed by atoms with Crippen LogP contribution in [0.1, 0.15) is 41.6 Å². The van der Waals surface area contributed by atoms with Crippen LogP contribution in [0.15, 0.2) is 59.5 Å². The number of amides is 1. The lowest BCUT2D eigenvalue weighted by Gasteiger charge is -2.35. The Hall–Kier alpha value is -1.89. The van der Waals surface area contributed by atoms with Crippen LogP contribution in [0.3, 0.4) is 0 Å². The van der Waals surface area contributed by atoms with Crippen LogP contribution in [-0.2, 0) is 15.6 Å². The molecular weight excluding hydrogens is 408 g/mol. The van der Waals surface area contributed by atoms with Crippen molar-refractivity contribution in [2.24, 2.45) is 0 Å². The number of rotatable bonds is 5. The largest absolute Gasteiger partial charge is 0.339 e. The number of nitrogens with zero attached hydrogens (tertiary/aromatic N) is 1. The molecule has 2 unspecified atom stereocenters. The first kappa shape index (κ1) is 21.8. The Kier molecular flexibility index (Phi) is 6.66. The molecule has 2 aromatic rings. The van der Waals surface area contributed by atoms with Gasteiger partial charge in [-0.05, 0) is 49.4 Å². The van der Waals surface area contributed by atoms with Crippen LogP contribution in [0, 0.1) is 0 Å². The third-order valence-electron chi connectivity index (χ3n) is 5.96. The van der Waals surface area contributed by atoms with Crippen molar-refractivity contribution in [1.82, 2.24) is 10.2 Å². The van der Waals surface area contributed by atoms with E-state index in [9.17, 15) is 13.2 Å². The minimum atomic E-state index is -3.51. The molecule has 0 saturated carbocycles. The summed E-state index contributed by atoms with van der Waals surface area (Å²) in [5.41, 5.74) is 1.17. The number of fused-ring (bicyclic) bond motifs is 2. The Morgan fingerprint density at radius 3 is 2.34 bits per heavy atom. The first-order chi connectivity index (χ1) is 13.4. The molecular formula is C22H27ClN2O3S. The Morgan fingerprint density at radius 1 is 1.03 bits per heavy atom. The molecule has 2 saturated heterocycles. The quantitative estimate of drug-likeness (QED) is 0.782. The van der Waals surface area contributed by atoms with E-state index in [0.717, 1.165) is 18.4 Å². The Bertz CT molecular complexity index is 953. The molecule has 1 N–H and O–H groups in total. The van der Waals surface area contributed by atoms with E-state index < -0.39 is 9.84 Å². The van der Waals surface area contributed by atoms with E-state index in [4.69, 9.17) is 0 Å². The normalized spacial score (nSPS) is 23.3. The zero-order valence-corrected chi connectivity index (χ0v) is 18.1. The fourth-order valence-electron chi connectivity index (χ4n) is 4.41. The molecule has 2 atom stereocenters. The topological polar surface area (TPSA) is 66.5 Å². The van der Waals surface area contributed by atoms with Gasteiger partial charge in [0.2, 0.25) is 0 Å². The highest BCUT2D eigenvalue weighted by molar-refractivity contribution is 7.90. The van der Waals surface area contributed by atoms with Crippen LogP contribution in [-0.4, -0.2) is 44.4 Å². The van der Waals surface area contributed by atoms with E-state index >= 15 is 0 Å². The highest BCUT2D eigenvalue weighted by Crippen LogP contribution is 2.30. The summed E-state index contributed by atoms with van der Waals surface area (Å²) in [6, 6.07) is 16.8. The lowest BCUT2D eigenvalue weighted by atomic mass is 9.98. The zero-order chi connectivity index (χ0) is 19.7. The molecule has 156 valence electrons. The van der Waals surface area contributed by atoms with Crippen molar-refractivity contribution < 1.29 is 13.2 Å². The predicted molar refractivity (Wildman–Crippen MR) is 116 cm³/mol. The molecule has 0 radical (unpaired) electrons. The maximum atomic E-state index is 13.0. The number of halogens is 1. The van der Waals surface area contributed by atoms with Gasteiger partial charge in [-0.3, -0.25) is 4.79 Å². The van der Waals surface area contributed by atoms with Crippen molar-refractivity contribution in [3.05, 3.63) is 65.7 Å². The van der Waals surface area contributed by atoms with Crippen molar-refractivity contribution in [2.75, 3.05) is 7.05 Å². The molecule has 2 aliphatic rings. The number of piperidine rings is 1. The third kappa shape index (κ3) is 4.82. The minimum absolute atomic E-state index is 0. The second kappa shape index (κ2) is 8.86. The second-order valence-electron chi connectivity index (χ2n) is 7.95. The molecule has 2 aromatic carbocycles. The average molecular weight is 435 g/mol. The molecule has 29 heavy (non-hydrogen) atoms. The average Bonchev–Trinajstić information content (AvgIpc) is 3.05. The molecule has 0 aromatic heterocycles. The van der Waals surface area contributed by atoms with Gasteiger partial charge in [-0.25, -0.2) is 8.42 Å². The predicted octanol–water partition coefficient (Wildman–Crippen LogP) is 3.44. The van der Waals surface area contributed by atoms with Gasteiger partial charge in [0.1, 0.15) is 0 Å². The Morgan fingerprint density at radius 2 is 1.69 bits per heavy atom. The minimum Gasteiger partial charge on any atom is -0.339 e. The second-order valence-corrected chi connectivity index (χ2v) is 9.94. The lowest BCUT2D eigenvalue weighted by Crippen LogP contribution is -2.48. The summed E-state index contributed by atoms with van der Waals surface area (Å²) in [6.07, 6.45) is 4.28. The van der Waals surface area contributed by atoms with Gasteiger partial charge in [0.05, 0.1) is 10.6 Å². The number of hydrogen-bond donors (Lipinski definition) is 1. The van der Waals surface area contributed by atoms with E-state index in [-0.39, 0.29) is 35.0 Å². The van der Waals surface area contributed by atoms with E-state index in [1.54, 1.807) is 35.2 Å². The van der Waals surface area contributed by atoms with Gasteiger partial charge < -0.3 is 10.2 Å². The number of hydrogen-bond acceptors (Lipinski definition) is 4. The van der Waals surface area contributed by atoms with E-state index in [1.165, 1.54) is 18.9 Å². The van der Waals surface area contributed by atoms with Crippen LogP contribution in [0.2, 0.25) is 0 Å². The number of carbonyl (C=O) groups is 1. The molecule has 2 aliphatic heterocycles. The van der Waals surface area contributed by atoms with Crippen LogP contribution in [0.4, 0.5) is 0 Å². The van der Waals surface area contributed by atoms with Crippen LogP contribution < -0.4 is 5.32 Å². The summed E-state index contributed by atoms with van der Waals surface area (Å²) in [5, 5.41) is 3.59. The number of sulfone groups is 1. The summed E-state index contributed by atoms with van der Waals surface area (Å²) in [7, 11) is -1.67. The summed E-state index contributed by atoms with van der Waals surface area (Å²) in [5.74, 6) is -0.179. The molecule has 0 aliphatic carbocycles. The Labute approximate surface area is 178 Å². The van der Waals surface area contributed by atoms with Crippen molar-refractivity contribution in [3.8, 4) is 0 Å². The summed E-state index contributed by atoms with van der Waals surface area (Å²) in [4.78, 5) is 15.0. The van der Waals surface area contributed by atoms with E-state index in [2.05, 4.69) is 5.32 Å². The molecule has 2 bridgehead atoms. The van der Waals surface area contributed by atoms with E-state index in [1.807, 2.05) is 25.2 Å². The highest BCUT2D eigenvalue weighted by Gasteiger charge is 2.36. The maximum Gasteiger partial charge on any atom is 0.253 e. The summed E-state index contributed by atoms with van der Waals surface area (Å²) < 4.78 is 25.6. The Balaban J connectivity index is 0.00000240. The summed E-state index contributed by atoms with van der Waals surface area (Å²) in [6.45, 7) is 0. The van der Waals surface area contributed by atoms with Gasteiger partial charge in [0.25, 0.3) is 5.91 Å². The van der Waals surface area contributed by atoms with Crippen LogP contribution in [0.25, 0.3) is 0 Å². The smallest absolute Gasteiger partial charge is 0.253 e. The fraction of sp³-hybridized carbons (Fsp3) is 0.409. The van der Waals surface area contributed by atoms with Crippen molar-refractivity contribution in [1.29, 1.82) is 0 Å². The first-order valence-corrected chi connectivity index (χ1v) is 11.5. The van der Waals surface area contributed by atoms with Gasteiger partial charge in [0.15, 0.2) is 9.84 Å². The molecule has 7 heteroatoms. The zero-order valence-electron chi connectivity index (χ0n) is 16.5.